The van der Waals surface area contributed by atoms with Crippen molar-refractivity contribution in [3.05, 3.63) is 100 Å². The SMILES string of the molecule is C[C@H](CN(CCCOc1cccc(CC(=O)N2CCOCC2)c1)Cc1cccc(C(F)(F)F)c1Cl)c1ccccc1. The van der Waals surface area contributed by atoms with Gasteiger partial charge in [0, 0.05) is 32.7 Å². The zero-order chi connectivity index (χ0) is 29.2. The quantitative estimate of drug-likeness (QED) is 0.217. The third-order valence-electron chi connectivity index (χ3n) is 7.18. The maximum absolute atomic E-state index is 13.5. The molecule has 220 valence electrons. The van der Waals surface area contributed by atoms with E-state index in [0.29, 0.717) is 76.7 Å². The second-order valence-electron chi connectivity index (χ2n) is 10.3. The topological polar surface area (TPSA) is 42.0 Å². The van der Waals surface area contributed by atoms with E-state index in [1.54, 1.807) is 6.07 Å². The Morgan fingerprint density at radius 1 is 1.05 bits per heavy atom. The van der Waals surface area contributed by atoms with Gasteiger partial charge in [0.1, 0.15) is 5.75 Å². The normalized spacial score (nSPS) is 14.7. The molecule has 1 saturated heterocycles. The fourth-order valence-corrected chi connectivity index (χ4v) is 5.29. The van der Waals surface area contributed by atoms with Gasteiger partial charge < -0.3 is 14.4 Å². The summed E-state index contributed by atoms with van der Waals surface area (Å²) in [6, 6.07) is 21.6. The number of hydrogen-bond acceptors (Lipinski definition) is 4. The maximum Gasteiger partial charge on any atom is 0.417 e. The molecule has 3 aromatic rings. The van der Waals surface area contributed by atoms with Gasteiger partial charge in [-0.1, -0.05) is 73.1 Å². The minimum absolute atomic E-state index is 0.0712. The van der Waals surface area contributed by atoms with Crippen molar-refractivity contribution in [1.82, 2.24) is 9.80 Å². The monoisotopic (exact) mass is 588 g/mol. The van der Waals surface area contributed by atoms with E-state index in [1.807, 2.05) is 47.4 Å². The summed E-state index contributed by atoms with van der Waals surface area (Å²) in [6.07, 6.45) is -3.54. The summed E-state index contributed by atoms with van der Waals surface area (Å²) >= 11 is 6.23. The molecule has 1 heterocycles. The van der Waals surface area contributed by atoms with Crippen LogP contribution in [0.2, 0.25) is 5.02 Å². The van der Waals surface area contributed by atoms with E-state index >= 15 is 0 Å². The summed E-state index contributed by atoms with van der Waals surface area (Å²) in [4.78, 5) is 16.5. The number of carbonyl (C=O) groups is 1. The highest BCUT2D eigenvalue weighted by molar-refractivity contribution is 6.32. The molecule has 0 radical (unpaired) electrons. The van der Waals surface area contributed by atoms with Crippen molar-refractivity contribution in [2.45, 2.75) is 38.4 Å². The van der Waals surface area contributed by atoms with Crippen LogP contribution < -0.4 is 4.74 Å². The summed E-state index contributed by atoms with van der Waals surface area (Å²) in [6.45, 7) is 6.43. The molecule has 0 N–H and O–H groups in total. The molecule has 0 unspecified atom stereocenters. The molecular formula is C32H36ClF3N2O3. The molecular weight excluding hydrogens is 553 g/mol. The van der Waals surface area contributed by atoms with Crippen LogP contribution in [0, 0.1) is 0 Å². The summed E-state index contributed by atoms with van der Waals surface area (Å²) in [5.41, 5.74) is 1.67. The molecule has 41 heavy (non-hydrogen) atoms. The van der Waals surface area contributed by atoms with E-state index < -0.39 is 11.7 Å². The van der Waals surface area contributed by atoms with Gasteiger partial charge in [0.2, 0.25) is 5.91 Å². The van der Waals surface area contributed by atoms with Gasteiger partial charge in [-0.3, -0.25) is 9.69 Å². The molecule has 9 heteroatoms. The number of halogens is 4. The molecule has 1 aliphatic heterocycles. The van der Waals surface area contributed by atoms with Crippen molar-refractivity contribution < 1.29 is 27.4 Å². The Morgan fingerprint density at radius 3 is 2.51 bits per heavy atom. The molecule has 0 aliphatic carbocycles. The highest BCUT2D eigenvalue weighted by Crippen LogP contribution is 2.36. The number of ether oxygens (including phenoxy) is 2. The van der Waals surface area contributed by atoms with E-state index in [0.717, 1.165) is 17.2 Å². The molecule has 0 bridgehead atoms. The van der Waals surface area contributed by atoms with Gasteiger partial charge in [-0.2, -0.15) is 13.2 Å². The van der Waals surface area contributed by atoms with Crippen LogP contribution in [-0.2, 0) is 28.7 Å². The summed E-state index contributed by atoms with van der Waals surface area (Å²) in [7, 11) is 0. The number of amides is 1. The Balaban J connectivity index is 1.37. The highest BCUT2D eigenvalue weighted by Gasteiger charge is 2.34. The minimum atomic E-state index is -4.51. The van der Waals surface area contributed by atoms with Crippen molar-refractivity contribution in [2.24, 2.45) is 0 Å². The average Bonchev–Trinajstić information content (AvgIpc) is 2.96. The average molecular weight is 589 g/mol. The molecule has 1 amide bonds. The molecule has 0 aromatic heterocycles. The molecule has 0 spiro atoms. The third kappa shape index (κ3) is 9.21. The summed E-state index contributed by atoms with van der Waals surface area (Å²) < 4.78 is 51.7. The van der Waals surface area contributed by atoms with Crippen LogP contribution in [0.5, 0.6) is 5.75 Å². The van der Waals surface area contributed by atoms with Crippen molar-refractivity contribution in [1.29, 1.82) is 0 Å². The van der Waals surface area contributed by atoms with Gasteiger partial charge in [-0.15, -0.1) is 0 Å². The predicted molar refractivity (Wildman–Crippen MR) is 154 cm³/mol. The standard InChI is InChI=1S/C32H36ClF3N2O3/c1-24(26-9-3-2-4-10-26)22-37(23-27-11-6-13-29(31(27)33)32(34,35)36)14-7-17-41-28-12-5-8-25(20-28)21-30(39)38-15-18-40-19-16-38/h2-6,8-13,20,24H,7,14-19,21-23H2,1H3/t24-/m1/s1. The smallest absolute Gasteiger partial charge is 0.417 e. The zero-order valence-corrected chi connectivity index (χ0v) is 24.0. The number of alkyl halides is 3. The van der Waals surface area contributed by atoms with E-state index in [-0.39, 0.29) is 16.8 Å². The number of morpholine rings is 1. The molecule has 3 aromatic carbocycles. The van der Waals surface area contributed by atoms with Gasteiger partial charge in [-0.25, -0.2) is 0 Å². The van der Waals surface area contributed by atoms with Crippen LogP contribution in [-0.4, -0.2) is 61.7 Å². The van der Waals surface area contributed by atoms with Gasteiger partial charge in [-0.05, 0) is 47.2 Å². The molecule has 1 atom stereocenters. The fourth-order valence-electron chi connectivity index (χ4n) is 4.99. The van der Waals surface area contributed by atoms with Crippen molar-refractivity contribution in [3.63, 3.8) is 0 Å². The lowest BCUT2D eigenvalue weighted by Gasteiger charge is -2.27. The second kappa shape index (κ2) is 14.7. The molecule has 1 fully saturated rings. The molecule has 0 saturated carbocycles. The largest absolute Gasteiger partial charge is 0.494 e. The zero-order valence-electron chi connectivity index (χ0n) is 23.2. The Labute approximate surface area is 244 Å². The van der Waals surface area contributed by atoms with Gasteiger partial charge in [0.25, 0.3) is 0 Å². The Bertz CT molecular complexity index is 1270. The van der Waals surface area contributed by atoms with Gasteiger partial charge >= 0.3 is 6.18 Å². The predicted octanol–water partition coefficient (Wildman–Crippen LogP) is 6.83. The first-order valence-electron chi connectivity index (χ1n) is 13.9. The molecule has 4 rings (SSSR count). The second-order valence-corrected chi connectivity index (χ2v) is 10.7. The number of hydrogen-bond donors (Lipinski definition) is 0. The van der Waals surface area contributed by atoms with Crippen LogP contribution in [0.3, 0.4) is 0 Å². The van der Waals surface area contributed by atoms with Gasteiger partial charge in [0.05, 0.1) is 36.8 Å². The lowest BCUT2D eigenvalue weighted by molar-refractivity contribution is -0.137. The van der Waals surface area contributed by atoms with Crippen LogP contribution in [0.25, 0.3) is 0 Å². The van der Waals surface area contributed by atoms with E-state index in [2.05, 4.69) is 24.0 Å². The van der Waals surface area contributed by atoms with Crippen molar-refractivity contribution in [2.75, 3.05) is 46.0 Å². The number of carbonyl (C=O) groups excluding carboxylic acids is 1. The van der Waals surface area contributed by atoms with E-state index in [4.69, 9.17) is 21.1 Å². The number of benzene rings is 3. The Morgan fingerprint density at radius 2 is 1.78 bits per heavy atom. The first-order chi connectivity index (χ1) is 19.7. The first-order valence-corrected chi connectivity index (χ1v) is 14.3. The number of rotatable bonds is 12. The van der Waals surface area contributed by atoms with Gasteiger partial charge in [0.15, 0.2) is 0 Å². The number of nitrogens with zero attached hydrogens (tertiary/aromatic N) is 2. The Kier molecular flexibility index (Phi) is 11.1. The van der Waals surface area contributed by atoms with Crippen molar-refractivity contribution >= 4 is 17.5 Å². The van der Waals surface area contributed by atoms with Crippen molar-refractivity contribution in [3.8, 4) is 5.75 Å². The highest BCUT2D eigenvalue weighted by atomic mass is 35.5. The summed E-state index contributed by atoms with van der Waals surface area (Å²) in [5.74, 6) is 0.923. The summed E-state index contributed by atoms with van der Waals surface area (Å²) in [5, 5.41) is -0.253. The Hall–Kier alpha value is -3.07. The first kappa shape index (κ1) is 30.9. The minimum Gasteiger partial charge on any atom is -0.494 e. The molecule has 5 nitrogen and oxygen atoms in total. The van der Waals surface area contributed by atoms with Crippen LogP contribution >= 0.6 is 11.6 Å². The van der Waals surface area contributed by atoms with Crippen LogP contribution in [0.4, 0.5) is 13.2 Å². The fraction of sp³-hybridized carbons (Fsp3) is 0.406. The van der Waals surface area contributed by atoms with E-state index in [1.165, 1.54) is 6.07 Å². The maximum atomic E-state index is 13.5. The van der Waals surface area contributed by atoms with Crippen LogP contribution in [0.1, 0.15) is 41.5 Å². The van der Waals surface area contributed by atoms with Crippen LogP contribution in [0.15, 0.2) is 72.8 Å². The molecule has 1 aliphatic rings. The lowest BCUT2D eigenvalue weighted by atomic mass is 10.00. The van der Waals surface area contributed by atoms with E-state index in [9.17, 15) is 18.0 Å². The lowest BCUT2D eigenvalue weighted by Crippen LogP contribution is -2.41. The third-order valence-corrected chi connectivity index (χ3v) is 7.63.